The Morgan fingerprint density at radius 3 is 2.68 bits per heavy atom. The molecule has 0 amide bonds. The van der Waals surface area contributed by atoms with E-state index >= 15 is 0 Å². The van der Waals surface area contributed by atoms with Crippen molar-refractivity contribution in [3.05, 3.63) is 34.1 Å². The number of rotatable bonds is 3. The van der Waals surface area contributed by atoms with Crippen LogP contribution in [-0.4, -0.2) is 18.9 Å². The predicted molar refractivity (Wildman–Crippen MR) is 82.4 cm³/mol. The van der Waals surface area contributed by atoms with E-state index in [1.54, 1.807) is 0 Å². The van der Waals surface area contributed by atoms with Crippen molar-refractivity contribution >= 4 is 32.8 Å². The molecular formula is C13H18BrN3OS. The van der Waals surface area contributed by atoms with E-state index in [0.29, 0.717) is 6.54 Å². The van der Waals surface area contributed by atoms with Gasteiger partial charge in [0.15, 0.2) is 0 Å². The number of nitrogens with one attached hydrogen (secondary N) is 1. The quantitative estimate of drug-likeness (QED) is 0.688. The Morgan fingerprint density at radius 2 is 2.05 bits per heavy atom. The fraction of sp³-hybridized carbons (Fsp3) is 0.462. The number of fused-ring (bicyclic) bond motifs is 1. The summed E-state index contributed by atoms with van der Waals surface area (Å²) in [6, 6.07) is 6.09. The summed E-state index contributed by atoms with van der Waals surface area (Å²) < 4.78 is 17.4. The molecular weight excluding hydrogens is 326 g/mol. The van der Waals surface area contributed by atoms with Crippen molar-refractivity contribution in [1.82, 2.24) is 14.3 Å². The second-order valence-electron chi connectivity index (χ2n) is 5.53. The fourth-order valence-corrected chi connectivity index (χ4v) is 3.04. The zero-order chi connectivity index (χ0) is 14.2. The Balaban J connectivity index is 2.16. The van der Waals surface area contributed by atoms with Crippen LogP contribution in [0.5, 0.6) is 0 Å². The zero-order valence-corrected chi connectivity index (χ0v) is 13.9. The van der Waals surface area contributed by atoms with Crippen LogP contribution in [0.3, 0.4) is 0 Å². The molecule has 2 aromatic heterocycles. The summed E-state index contributed by atoms with van der Waals surface area (Å²) in [5, 5.41) is 4.48. The van der Waals surface area contributed by atoms with Gasteiger partial charge in [-0.3, -0.25) is 0 Å². The van der Waals surface area contributed by atoms with Crippen LogP contribution < -0.4 is 4.72 Å². The summed E-state index contributed by atoms with van der Waals surface area (Å²) in [4.78, 5) is 0. The number of nitrogens with zero attached hydrogens (tertiary/aromatic N) is 2. The van der Waals surface area contributed by atoms with Crippen molar-refractivity contribution in [2.24, 2.45) is 0 Å². The maximum absolute atomic E-state index is 11.9. The number of aryl methyl sites for hydroxylation is 1. The van der Waals surface area contributed by atoms with Gasteiger partial charge >= 0.3 is 0 Å². The van der Waals surface area contributed by atoms with Crippen LogP contribution in [0.15, 0.2) is 22.8 Å². The van der Waals surface area contributed by atoms with Gasteiger partial charge in [-0.05, 0) is 67.4 Å². The first-order valence-electron chi connectivity index (χ1n) is 6.07. The van der Waals surface area contributed by atoms with Gasteiger partial charge < -0.3 is 4.55 Å². The van der Waals surface area contributed by atoms with E-state index < -0.39 is 11.4 Å². The highest BCUT2D eigenvalue weighted by molar-refractivity contribution is 9.10. The molecule has 104 valence electrons. The summed E-state index contributed by atoms with van der Waals surface area (Å²) >= 11 is 2.41. The minimum atomic E-state index is -1.08. The standard InChI is InChI=1S/C13H18BrN3OS/c1-9-5-11-7-10(16-17(11)12(14)6-9)8-15-19(18)13(2,3)4/h5-7,15H,8H2,1-4H3. The Kier molecular flexibility index (Phi) is 4.25. The minimum Gasteiger partial charge on any atom is -0.598 e. The van der Waals surface area contributed by atoms with Crippen LogP contribution in [0.4, 0.5) is 0 Å². The molecule has 0 saturated carbocycles. The first-order chi connectivity index (χ1) is 8.77. The molecule has 1 N–H and O–H groups in total. The van der Waals surface area contributed by atoms with Crippen LogP contribution in [0.1, 0.15) is 32.0 Å². The Labute approximate surface area is 125 Å². The van der Waals surface area contributed by atoms with Gasteiger partial charge in [0.25, 0.3) is 0 Å². The summed E-state index contributed by atoms with van der Waals surface area (Å²) in [5.41, 5.74) is 3.09. The maximum atomic E-state index is 11.9. The van der Waals surface area contributed by atoms with Gasteiger partial charge in [0.2, 0.25) is 0 Å². The molecule has 2 aromatic rings. The van der Waals surface area contributed by atoms with Crippen molar-refractivity contribution < 1.29 is 4.55 Å². The van der Waals surface area contributed by atoms with E-state index in [4.69, 9.17) is 0 Å². The fourth-order valence-electron chi connectivity index (χ4n) is 1.69. The third-order valence-electron chi connectivity index (χ3n) is 2.65. The molecule has 0 aliphatic rings. The Morgan fingerprint density at radius 1 is 1.37 bits per heavy atom. The molecule has 4 nitrogen and oxygen atoms in total. The SMILES string of the molecule is Cc1cc(Br)n2nc(CN[S+]([O-])C(C)(C)C)cc2c1. The number of aromatic nitrogens is 2. The van der Waals surface area contributed by atoms with Gasteiger partial charge in [0.1, 0.15) is 9.35 Å². The summed E-state index contributed by atoms with van der Waals surface area (Å²) in [7, 11) is 0. The minimum absolute atomic E-state index is 0.268. The van der Waals surface area contributed by atoms with Crippen molar-refractivity contribution in [3.8, 4) is 0 Å². The average Bonchev–Trinajstić information content (AvgIpc) is 2.67. The van der Waals surface area contributed by atoms with Crippen molar-refractivity contribution in [1.29, 1.82) is 0 Å². The van der Waals surface area contributed by atoms with E-state index in [-0.39, 0.29) is 4.75 Å². The highest BCUT2D eigenvalue weighted by Gasteiger charge is 2.26. The molecule has 6 heteroatoms. The van der Waals surface area contributed by atoms with E-state index in [2.05, 4.69) is 31.8 Å². The molecule has 19 heavy (non-hydrogen) atoms. The summed E-state index contributed by atoms with van der Waals surface area (Å²) in [5.74, 6) is 0. The molecule has 0 aliphatic heterocycles. The largest absolute Gasteiger partial charge is 0.598 e. The van der Waals surface area contributed by atoms with Gasteiger partial charge in [0.05, 0.1) is 17.8 Å². The highest BCUT2D eigenvalue weighted by Crippen LogP contribution is 2.18. The normalized spacial score (nSPS) is 14.0. The third-order valence-corrected chi connectivity index (χ3v) is 4.74. The summed E-state index contributed by atoms with van der Waals surface area (Å²) in [6.45, 7) is 8.38. The van der Waals surface area contributed by atoms with Gasteiger partial charge in [-0.2, -0.15) is 5.10 Å². The van der Waals surface area contributed by atoms with E-state index in [9.17, 15) is 4.55 Å². The van der Waals surface area contributed by atoms with Crippen molar-refractivity contribution in [2.75, 3.05) is 0 Å². The van der Waals surface area contributed by atoms with Crippen LogP contribution in [0.2, 0.25) is 0 Å². The van der Waals surface area contributed by atoms with E-state index in [1.165, 1.54) is 5.56 Å². The van der Waals surface area contributed by atoms with Crippen LogP contribution in [-0.2, 0) is 17.9 Å². The number of hydrogen-bond donors (Lipinski definition) is 1. The molecule has 0 bridgehead atoms. The lowest BCUT2D eigenvalue weighted by Gasteiger charge is -2.23. The molecule has 2 rings (SSSR count). The van der Waals surface area contributed by atoms with E-state index in [1.807, 2.05) is 44.3 Å². The lowest BCUT2D eigenvalue weighted by atomic mass is 10.2. The molecule has 0 saturated heterocycles. The second kappa shape index (κ2) is 5.44. The van der Waals surface area contributed by atoms with Crippen molar-refractivity contribution in [2.45, 2.75) is 39.0 Å². The number of halogens is 1. The monoisotopic (exact) mass is 343 g/mol. The molecule has 0 aliphatic carbocycles. The van der Waals surface area contributed by atoms with E-state index in [0.717, 1.165) is 15.8 Å². The lowest BCUT2D eigenvalue weighted by molar-refractivity contribution is 0.543. The molecule has 0 spiro atoms. The average molecular weight is 344 g/mol. The lowest BCUT2D eigenvalue weighted by Crippen LogP contribution is -2.39. The predicted octanol–water partition coefficient (Wildman–Crippen LogP) is 2.96. The molecule has 0 fully saturated rings. The van der Waals surface area contributed by atoms with Gasteiger partial charge in [0, 0.05) is 11.4 Å². The topological polar surface area (TPSA) is 52.4 Å². The van der Waals surface area contributed by atoms with Gasteiger partial charge in [-0.15, -0.1) is 4.72 Å². The highest BCUT2D eigenvalue weighted by atomic mass is 79.9. The third kappa shape index (κ3) is 3.51. The molecule has 1 atom stereocenters. The molecule has 1 unspecified atom stereocenters. The summed E-state index contributed by atoms with van der Waals surface area (Å²) in [6.07, 6.45) is 0. The number of pyridine rings is 1. The first kappa shape index (κ1) is 14.8. The molecule has 2 heterocycles. The second-order valence-corrected chi connectivity index (χ2v) is 8.39. The van der Waals surface area contributed by atoms with Crippen LogP contribution >= 0.6 is 15.9 Å². The molecule has 0 radical (unpaired) electrons. The Hall–Kier alpha value is -0.560. The Bertz CT molecular complexity index is 591. The van der Waals surface area contributed by atoms with Gasteiger partial charge in [-0.25, -0.2) is 4.52 Å². The first-order valence-corrected chi connectivity index (χ1v) is 8.02. The maximum Gasteiger partial charge on any atom is 0.136 e. The van der Waals surface area contributed by atoms with Gasteiger partial charge in [-0.1, -0.05) is 0 Å². The number of hydrogen-bond acceptors (Lipinski definition) is 3. The van der Waals surface area contributed by atoms with Crippen molar-refractivity contribution in [3.63, 3.8) is 0 Å². The molecule has 0 aromatic carbocycles. The smallest absolute Gasteiger partial charge is 0.136 e. The zero-order valence-electron chi connectivity index (χ0n) is 11.5. The van der Waals surface area contributed by atoms with Crippen LogP contribution in [0, 0.1) is 6.92 Å². The van der Waals surface area contributed by atoms with Crippen LogP contribution in [0.25, 0.3) is 5.52 Å².